The predicted molar refractivity (Wildman–Crippen MR) is 80.1 cm³/mol. The fraction of sp³-hybridized carbons (Fsp3) is 0.333. The molecule has 1 aromatic carbocycles. The number of nitrogens with zero attached hydrogens (tertiary/aromatic N) is 1. The van der Waals surface area contributed by atoms with Crippen LogP contribution in [0.2, 0.25) is 0 Å². The summed E-state index contributed by atoms with van der Waals surface area (Å²) < 4.78 is 4.91. The lowest BCUT2D eigenvalue weighted by Crippen LogP contribution is -2.41. The Morgan fingerprint density at radius 1 is 1.38 bits per heavy atom. The molecule has 2 rings (SSSR count). The first-order chi connectivity index (χ1) is 10.0. The molecule has 0 bridgehead atoms. The molecule has 1 aliphatic heterocycles. The van der Waals surface area contributed by atoms with Crippen LogP contribution in [0.5, 0.6) is 0 Å². The van der Waals surface area contributed by atoms with Crippen LogP contribution in [-0.4, -0.2) is 30.5 Å². The van der Waals surface area contributed by atoms with Gasteiger partial charge in [-0.05, 0) is 18.1 Å². The van der Waals surface area contributed by atoms with Crippen LogP contribution in [0.1, 0.15) is 24.5 Å². The average Bonchev–Trinajstić information content (AvgIpc) is 2.44. The number of benzene rings is 1. The second-order valence-electron chi connectivity index (χ2n) is 4.72. The van der Waals surface area contributed by atoms with Crippen molar-refractivity contribution < 1.29 is 14.3 Å². The Hall–Kier alpha value is -2.01. The second-order valence-corrected chi connectivity index (χ2v) is 5.08. The minimum absolute atomic E-state index is 0.104. The highest BCUT2D eigenvalue weighted by Gasteiger charge is 2.21. The molecule has 21 heavy (non-hydrogen) atoms. The average molecular weight is 309 g/mol. The first kappa shape index (κ1) is 15.4. The quantitative estimate of drug-likeness (QED) is 0.683. The summed E-state index contributed by atoms with van der Waals surface area (Å²) in [5.41, 5.74) is 5.13. The lowest BCUT2D eigenvalue weighted by atomic mass is 10.00. The summed E-state index contributed by atoms with van der Waals surface area (Å²) in [6.07, 6.45) is 0.474. The Balaban J connectivity index is 2.17. The van der Waals surface area contributed by atoms with Gasteiger partial charge in [0.1, 0.15) is 5.16 Å². The SMILES string of the molecule is CCOC(=O)Cc1ccc(C2=C(Cl)N(C)NC(=O)C2)cc1. The Morgan fingerprint density at radius 2 is 2.05 bits per heavy atom. The molecule has 0 atom stereocenters. The molecule has 1 heterocycles. The monoisotopic (exact) mass is 308 g/mol. The Morgan fingerprint density at radius 3 is 2.67 bits per heavy atom. The van der Waals surface area contributed by atoms with E-state index in [1.165, 1.54) is 5.01 Å². The zero-order valence-electron chi connectivity index (χ0n) is 12.0. The summed E-state index contributed by atoms with van der Waals surface area (Å²) >= 11 is 6.22. The zero-order chi connectivity index (χ0) is 15.4. The minimum atomic E-state index is -0.251. The lowest BCUT2D eigenvalue weighted by Gasteiger charge is -2.27. The molecule has 0 saturated carbocycles. The van der Waals surface area contributed by atoms with Crippen molar-refractivity contribution in [2.75, 3.05) is 13.7 Å². The van der Waals surface area contributed by atoms with E-state index >= 15 is 0 Å². The molecular weight excluding hydrogens is 292 g/mol. The molecule has 1 N–H and O–H groups in total. The van der Waals surface area contributed by atoms with Crippen molar-refractivity contribution in [3.63, 3.8) is 0 Å². The normalized spacial score (nSPS) is 15.0. The number of hydrazine groups is 1. The van der Waals surface area contributed by atoms with Crippen molar-refractivity contribution >= 4 is 29.1 Å². The van der Waals surface area contributed by atoms with Crippen LogP contribution in [0.15, 0.2) is 29.4 Å². The van der Waals surface area contributed by atoms with Crippen molar-refractivity contribution in [1.82, 2.24) is 10.4 Å². The maximum absolute atomic E-state index is 11.6. The van der Waals surface area contributed by atoms with Crippen LogP contribution < -0.4 is 5.43 Å². The van der Waals surface area contributed by atoms with Gasteiger partial charge in [0.2, 0.25) is 5.91 Å². The molecular formula is C15H17ClN2O3. The number of ether oxygens (including phenoxy) is 1. The maximum Gasteiger partial charge on any atom is 0.310 e. The molecule has 0 aliphatic carbocycles. The largest absolute Gasteiger partial charge is 0.466 e. The summed E-state index contributed by atoms with van der Waals surface area (Å²) in [7, 11) is 1.69. The topological polar surface area (TPSA) is 58.6 Å². The van der Waals surface area contributed by atoms with E-state index in [2.05, 4.69) is 5.43 Å². The smallest absolute Gasteiger partial charge is 0.310 e. The number of halogens is 1. The fourth-order valence-corrected chi connectivity index (χ4v) is 2.35. The van der Waals surface area contributed by atoms with Crippen molar-refractivity contribution in [1.29, 1.82) is 0 Å². The number of esters is 1. The highest BCUT2D eigenvalue weighted by molar-refractivity contribution is 6.33. The second kappa shape index (κ2) is 6.63. The van der Waals surface area contributed by atoms with Gasteiger partial charge in [0, 0.05) is 12.6 Å². The van der Waals surface area contributed by atoms with E-state index < -0.39 is 0 Å². The van der Waals surface area contributed by atoms with Crippen LogP contribution >= 0.6 is 11.6 Å². The van der Waals surface area contributed by atoms with Crippen molar-refractivity contribution in [3.8, 4) is 0 Å². The van der Waals surface area contributed by atoms with Crippen LogP contribution in [-0.2, 0) is 20.7 Å². The van der Waals surface area contributed by atoms with Gasteiger partial charge in [-0.1, -0.05) is 35.9 Å². The van der Waals surface area contributed by atoms with Gasteiger partial charge in [-0.15, -0.1) is 0 Å². The van der Waals surface area contributed by atoms with Gasteiger partial charge in [-0.2, -0.15) is 0 Å². The highest BCUT2D eigenvalue weighted by atomic mass is 35.5. The highest BCUT2D eigenvalue weighted by Crippen LogP contribution is 2.29. The molecule has 6 heteroatoms. The fourth-order valence-electron chi connectivity index (χ4n) is 2.14. The van der Waals surface area contributed by atoms with Gasteiger partial charge in [0.25, 0.3) is 0 Å². The van der Waals surface area contributed by atoms with E-state index in [0.717, 1.165) is 16.7 Å². The van der Waals surface area contributed by atoms with E-state index in [4.69, 9.17) is 16.3 Å². The van der Waals surface area contributed by atoms with Crippen LogP contribution in [0, 0.1) is 0 Å². The maximum atomic E-state index is 11.6. The van der Waals surface area contributed by atoms with Crippen LogP contribution in [0.3, 0.4) is 0 Å². The van der Waals surface area contributed by atoms with Crippen LogP contribution in [0.4, 0.5) is 0 Å². The molecule has 5 nitrogen and oxygen atoms in total. The summed E-state index contributed by atoms with van der Waals surface area (Å²) in [5, 5.41) is 1.99. The van der Waals surface area contributed by atoms with E-state index in [-0.39, 0.29) is 24.7 Å². The van der Waals surface area contributed by atoms with Gasteiger partial charge in [0.15, 0.2) is 0 Å². The van der Waals surface area contributed by atoms with Gasteiger partial charge in [-0.3, -0.25) is 20.0 Å². The van der Waals surface area contributed by atoms with E-state index in [1.807, 2.05) is 24.3 Å². The summed E-state index contributed by atoms with van der Waals surface area (Å²) in [6.45, 7) is 2.15. The number of nitrogens with one attached hydrogen (secondary N) is 1. The summed E-state index contributed by atoms with van der Waals surface area (Å²) in [5.74, 6) is -0.355. The molecule has 112 valence electrons. The van der Waals surface area contributed by atoms with Crippen molar-refractivity contribution in [2.45, 2.75) is 19.8 Å². The van der Waals surface area contributed by atoms with Crippen molar-refractivity contribution in [3.05, 3.63) is 40.5 Å². The number of amides is 1. The minimum Gasteiger partial charge on any atom is -0.466 e. The Labute approximate surface area is 128 Å². The summed E-state index contributed by atoms with van der Waals surface area (Å²) in [4.78, 5) is 23.0. The molecule has 0 unspecified atom stereocenters. The Bertz CT molecular complexity index is 581. The molecule has 0 aromatic heterocycles. The molecule has 0 fully saturated rings. The van der Waals surface area contributed by atoms with Gasteiger partial charge < -0.3 is 4.74 Å². The number of carbonyl (C=O) groups is 2. The van der Waals surface area contributed by atoms with E-state index in [1.54, 1.807) is 14.0 Å². The molecule has 0 radical (unpaired) electrons. The third-order valence-corrected chi connectivity index (χ3v) is 3.61. The Kier molecular flexibility index (Phi) is 4.85. The molecule has 0 spiro atoms. The van der Waals surface area contributed by atoms with Gasteiger partial charge >= 0.3 is 5.97 Å². The van der Waals surface area contributed by atoms with E-state index in [9.17, 15) is 9.59 Å². The van der Waals surface area contributed by atoms with Gasteiger partial charge in [-0.25, -0.2) is 0 Å². The molecule has 1 aliphatic rings. The number of hydrogen-bond acceptors (Lipinski definition) is 4. The number of carbonyl (C=O) groups excluding carboxylic acids is 2. The zero-order valence-corrected chi connectivity index (χ0v) is 12.7. The third-order valence-electron chi connectivity index (χ3n) is 3.13. The first-order valence-electron chi connectivity index (χ1n) is 6.68. The van der Waals surface area contributed by atoms with Crippen molar-refractivity contribution in [2.24, 2.45) is 0 Å². The van der Waals surface area contributed by atoms with E-state index in [0.29, 0.717) is 11.8 Å². The summed E-state index contributed by atoms with van der Waals surface area (Å²) in [6, 6.07) is 7.41. The van der Waals surface area contributed by atoms with Gasteiger partial charge in [0.05, 0.1) is 19.4 Å². The standard InChI is InChI=1S/C15H17ClN2O3/c1-3-21-14(20)8-10-4-6-11(7-5-10)12-9-13(19)17-18(2)15(12)16/h4-7H,3,8-9H2,1-2H3,(H,17,19). The lowest BCUT2D eigenvalue weighted by molar-refractivity contribution is -0.142. The third kappa shape index (κ3) is 3.76. The molecule has 1 amide bonds. The first-order valence-corrected chi connectivity index (χ1v) is 7.06. The van der Waals surface area contributed by atoms with Crippen LogP contribution in [0.25, 0.3) is 5.57 Å². The molecule has 0 saturated heterocycles. The molecule has 1 aromatic rings. The number of hydrogen-bond donors (Lipinski definition) is 1. The number of rotatable bonds is 4. The predicted octanol–water partition coefficient (Wildman–Crippen LogP) is 2.07.